The van der Waals surface area contributed by atoms with Gasteiger partial charge in [-0.15, -0.1) is 0 Å². The number of hydrogen-bond acceptors (Lipinski definition) is 0. The Hall–Kier alpha value is -0.420. The fourth-order valence-corrected chi connectivity index (χ4v) is 1.42. The molecule has 0 saturated heterocycles. The van der Waals surface area contributed by atoms with Gasteiger partial charge < -0.3 is 0 Å². The van der Waals surface area contributed by atoms with Crippen molar-refractivity contribution in [2.45, 2.75) is 46.5 Å². The smallest absolute Gasteiger partial charge is 0.170 e. The zero-order valence-electron chi connectivity index (χ0n) is 8.97. The van der Waals surface area contributed by atoms with Gasteiger partial charge in [0.1, 0.15) is 0 Å². The molecule has 0 radical (unpaired) electrons. The molecule has 0 spiro atoms. The summed E-state index contributed by atoms with van der Waals surface area (Å²) in [6.45, 7) is 4.26. The van der Waals surface area contributed by atoms with E-state index >= 15 is 0 Å². The van der Waals surface area contributed by atoms with Gasteiger partial charge in [-0.1, -0.05) is 20.8 Å². The minimum absolute atomic E-state index is 0.207. The molecule has 0 bridgehead atoms. The van der Waals surface area contributed by atoms with E-state index in [4.69, 9.17) is 0 Å². The molecule has 0 heterocycles. The van der Waals surface area contributed by atoms with E-state index in [0.717, 1.165) is 0 Å². The van der Waals surface area contributed by atoms with Crippen molar-refractivity contribution in [1.29, 1.82) is 0 Å². The van der Waals surface area contributed by atoms with Crippen LogP contribution in [0, 0.1) is 10.8 Å². The van der Waals surface area contributed by atoms with Crippen LogP contribution in [-0.2, 0) is 0 Å². The minimum Gasteiger partial charge on any atom is -0.170 e. The minimum atomic E-state index is -5.28. The molecule has 0 unspecified atom stereocenters. The highest BCUT2D eigenvalue weighted by molar-refractivity contribution is 4.92. The summed E-state index contributed by atoms with van der Waals surface area (Å²) in [6, 6.07) is 0. The maximum atomic E-state index is 12.4. The van der Waals surface area contributed by atoms with E-state index in [2.05, 4.69) is 0 Å². The van der Waals surface area contributed by atoms with E-state index < -0.39 is 29.6 Å². The second-order valence-corrected chi connectivity index (χ2v) is 5.07. The zero-order valence-corrected chi connectivity index (χ0v) is 8.97. The molecule has 15 heavy (non-hydrogen) atoms. The summed E-state index contributed by atoms with van der Waals surface area (Å²) in [4.78, 5) is 0. The fourth-order valence-electron chi connectivity index (χ4n) is 1.42. The van der Waals surface area contributed by atoms with Gasteiger partial charge in [-0.3, -0.25) is 0 Å². The fraction of sp³-hybridized carbons (Fsp3) is 1.00. The van der Waals surface area contributed by atoms with Crippen LogP contribution in [0.25, 0.3) is 0 Å². The molecular weight excluding hydrogens is 222 g/mol. The molecule has 0 fully saturated rings. The first kappa shape index (κ1) is 14.6. The van der Waals surface area contributed by atoms with Crippen LogP contribution >= 0.6 is 0 Å². The predicted octanol–water partition coefficient (Wildman–Crippen LogP) is 4.55. The van der Waals surface area contributed by atoms with E-state index in [1.807, 2.05) is 0 Å². The van der Waals surface area contributed by atoms with Crippen molar-refractivity contribution in [3.05, 3.63) is 0 Å². The normalized spacial score (nSPS) is 15.6. The average molecular weight is 236 g/mol. The van der Waals surface area contributed by atoms with Crippen LogP contribution in [0.3, 0.4) is 0 Å². The van der Waals surface area contributed by atoms with Crippen molar-refractivity contribution < 1.29 is 26.3 Å². The number of rotatable bonds is 1. The Morgan fingerprint density at radius 3 is 1.00 bits per heavy atom. The van der Waals surface area contributed by atoms with E-state index in [1.54, 1.807) is 0 Å². The molecule has 0 aromatic rings. The lowest BCUT2D eigenvalue weighted by Gasteiger charge is -2.38. The highest BCUT2D eigenvalue weighted by Crippen LogP contribution is 2.55. The molecule has 0 rings (SSSR count). The number of alkyl halides is 6. The third kappa shape index (κ3) is 3.28. The van der Waals surface area contributed by atoms with Crippen molar-refractivity contribution in [2.75, 3.05) is 0 Å². The SMILES string of the molecule is CC(C)(C)CC(C)(C(F)(F)F)C(F)(F)F. The average Bonchev–Trinajstić information content (AvgIpc) is 1.77. The van der Waals surface area contributed by atoms with Gasteiger partial charge in [-0.2, -0.15) is 26.3 Å². The zero-order chi connectivity index (χ0) is 12.7. The molecular formula is C9H14F6. The van der Waals surface area contributed by atoms with Gasteiger partial charge in [0.05, 0.1) is 0 Å². The Labute approximate surface area is 84.7 Å². The Balaban J connectivity index is 5.26. The standard InChI is InChI=1S/C9H14F6/c1-6(2,3)5-7(4,8(10,11)12)9(13,14)15/h5H2,1-4H3. The molecule has 0 saturated carbocycles. The van der Waals surface area contributed by atoms with Gasteiger partial charge in [-0.05, 0) is 18.8 Å². The quantitative estimate of drug-likeness (QED) is 0.586. The lowest BCUT2D eigenvalue weighted by Crippen LogP contribution is -2.49. The number of hydrogen-bond donors (Lipinski definition) is 0. The third-order valence-electron chi connectivity index (χ3n) is 2.14. The van der Waals surface area contributed by atoms with Crippen LogP contribution in [0.4, 0.5) is 26.3 Å². The van der Waals surface area contributed by atoms with Gasteiger partial charge in [0.15, 0.2) is 5.41 Å². The van der Waals surface area contributed by atoms with Crippen molar-refractivity contribution >= 4 is 0 Å². The lowest BCUT2D eigenvalue weighted by atomic mass is 9.74. The van der Waals surface area contributed by atoms with Crippen LogP contribution < -0.4 is 0 Å². The highest BCUT2D eigenvalue weighted by Gasteiger charge is 2.67. The Morgan fingerprint density at radius 1 is 0.667 bits per heavy atom. The maximum Gasteiger partial charge on any atom is 0.402 e. The van der Waals surface area contributed by atoms with Gasteiger partial charge in [0, 0.05) is 0 Å². The van der Waals surface area contributed by atoms with E-state index in [9.17, 15) is 26.3 Å². The molecule has 0 atom stereocenters. The first-order valence-corrected chi connectivity index (χ1v) is 4.34. The topological polar surface area (TPSA) is 0 Å². The van der Waals surface area contributed by atoms with E-state index in [1.165, 1.54) is 20.8 Å². The second kappa shape index (κ2) is 3.56. The third-order valence-corrected chi connectivity index (χ3v) is 2.14. The molecule has 0 aliphatic heterocycles. The Kier molecular flexibility index (Phi) is 3.46. The molecule has 92 valence electrons. The van der Waals surface area contributed by atoms with Crippen LogP contribution in [0.2, 0.25) is 0 Å². The van der Waals surface area contributed by atoms with Crippen LogP contribution in [0.15, 0.2) is 0 Å². The lowest BCUT2D eigenvalue weighted by molar-refractivity contribution is -0.342. The van der Waals surface area contributed by atoms with Crippen molar-refractivity contribution in [2.24, 2.45) is 10.8 Å². The van der Waals surface area contributed by atoms with Crippen LogP contribution in [-0.4, -0.2) is 12.4 Å². The van der Waals surface area contributed by atoms with E-state index in [0.29, 0.717) is 0 Å². The summed E-state index contributed by atoms with van der Waals surface area (Å²) in [5, 5.41) is 0. The molecule has 6 heteroatoms. The molecule has 0 aliphatic rings. The van der Waals surface area contributed by atoms with E-state index in [-0.39, 0.29) is 6.92 Å². The first-order valence-electron chi connectivity index (χ1n) is 4.34. The monoisotopic (exact) mass is 236 g/mol. The molecule has 0 aliphatic carbocycles. The summed E-state index contributed by atoms with van der Waals surface area (Å²) in [5.74, 6) is 0. The summed E-state index contributed by atoms with van der Waals surface area (Å²) >= 11 is 0. The largest absolute Gasteiger partial charge is 0.402 e. The van der Waals surface area contributed by atoms with Gasteiger partial charge in [-0.25, -0.2) is 0 Å². The van der Waals surface area contributed by atoms with Gasteiger partial charge in [0.2, 0.25) is 0 Å². The summed E-state index contributed by atoms with van der Waals surface area (Å²) < 4.78 is 74.5. The van der Waals surface area contributed by atoms with Crippen LogP contribution in [0.1, 0.15) is 34.1 Å². The summed E-state index contributed by atoms with van der Waals surface area (Å²) in [6.07, 6.45) is -11.5. The second-order valence-electron chi connectivity index (χ2n) is 5.07. The van der Waals surface area contributed by atoms with Crippen molar-refractivity contribution in [3.8, 4) is 0 Å². The molecule has 0 aromatic carbocycles. The Morgan fingerprint density at radius 2 is 0.933 bits per heavy atom. The molecule has 0 aromatic heterocycles. The maximum absolute atomic E-state index is 12.4. The first-order chi connectivity index (χ1) is 6.21. The van der Waals surface area contributed by atoms with Crippen molar-refractivity contribution in [3.63, 3.8) is 0 Å². The van der Waals surface area contributed by atoms with Gasteiger partial charge >= 0.3 is 12.4 Å². The highest BCUT2D eigenvalue weighted by atomic mass is 19.4. The number of halogens is 6. The van der Waals surface area contributed by atoms with Gasteiger partial charge in [0.25, 0.3) is 0 Å². The summed E-state index contributed by atoms with van der Waals surface area (Å²) in [5.41, 5.74) is -4.68. The van der Waals surface area contributed by atoms with Crippen LogP contribution in [0.5, 0.6) is 0 Å². The molecule has 0 N–H and O–H groups in total. The molecule has 0 amide bonds. The Bertz CT molecular complexity index is 202. The molecule has 0 nitrogen and oxygen atoms in total. The predicted molar refractivity (Wildman–Crippen MR) is 44.3 cm³/mol. The van der Waals surface area contributed by atoms with Crippen molar-refractivity contribution in [1.82, 2.24) is 0 Å². The summed E-state index contributed by atoms with van der Waals surface area (Å²) in [7, 11) is 0.